The Morgan fingerprint density at radius 3 is 1.57 bits per heavy atom. The highest BCUT2D eigenvalue weighted by Gasteiger charge is 2.40. The van der Waals surface area contributed by atoms with Gasteiger partial charge in [0, 0.05) is 35.6 Å². The summed E-state index contributed by atoms with van der Waals surface area (Å²) in [6, 6.07) is 29.7. The third-order valence-electron chi connectivity index (χ3n) is 10.4. The van der Waals surface area contributed by atoms with Gasteiger partial charge in [-0.25, -0.2) is 4.79 Å². The fourth-order valence-corrected chi connectivity index (χ4v) is 7.48. The Balaban J connectivity index is 1.03. The molecule has 0 aromatic heterocycles. The predicted octanol–water partition coefficient (Wildman–Crippen LogP) is 6.17. The highest BCUT2D eigenvalue weighted by atomic mass is 16.5. The molecule has 0 aliphatic carbocycles. The van der Waals surface area contributed by atoms with Crippen LogP contribution in [0.3, 0.4) is 0 Å². The fourth-order valence-electron chi connectivity index (χ4n) is 7.48. The Morgan fingerprint density at radius 2 is 1.08 bits per heavy atom. The lowest BCUT2D eigenvalue weighted by atomic mass is 9.94. The Morgan fingerprint density at radius 1 is 0.617 bits per heavy atom. The van der Waals surface area contributed by atoms with Crippen LogP contribution >= 0.6 is 0 Å². The molecule has 13 nitrogen and oxygen atoms in total. The van der Waals surface area contributed by atoms with E-state index in [1.807, 2.05) is 36.4 Å². The van der Waals surface area contributed by atoms with E-state index in [-0.39, 0.29) is 43.3 Å². The van der Waals surface area contributed by atoms with E-state index in [1.165, 1.54) is 4.90 Å². The Bertz CT molecular complexity index is 2050. The smallest absolute Gasteiger partial charge is 0.408 e. The van der Waals surface area contributed by atoms with Crippen molar-refractivity contribution in [2.75, 3.05) is 36.9 Å². The third-order valence-corrected chi connectivity index (χ3v) is 10.4. The minimum atomic E-state index is -1.00. The van der Waals surface area contributed by atoms with E-state index in [1.54, 1.807) is 91.5 Å². The lowest BCUT2D eigenvalue weighted by molar-refractivity contribution is -0.147. The van der Waals surface area contributed by atoms with Crippen LogP contribution in [0.5, 0.6) is 0 Å². The molecule has 4 aromatic rings. The maximum absolute atomic E-state index is 13.8. The van der Waals surface area contributed by atoms with E-state index in [4.69, 9.17) is 9.47 Å². The number of nitrogens with one attached hydrogen (secondary N) is 3. The minimum absolute atomic E-state index is 0.108. The molecule has 60 heavy (non-hydrogen) atoms. The molecular weight excluding hydrogens is 763 g/mol. The zero-order valence-corrected chi connectivity index (χ0v) is 33.7. The van der Waals surface area contributed by atoms with Gasteiger partial charge in [0.2, 0.25) is 17.7 Å². The molecule has 5 amide bonds. The van der Waals surface area contributed by atoms with Gasteiger partial charge < -0.3 is 35.2 Å². The quantitative estimate of drug-likeness (QED) is 0.107. The average Bonchev–Trinajstić information content (AvgIpc) is 3.97. The number of likely N-dealkylation sites (tertiary alicyclic amines) is 2. The van der Waals surface area contributed by atoms with Crippen molar-refractivity contribution < 1.29 is 38.2 Å². The van der Waals surface area contributed by atoms with Gasteiger partial charge in [0.15, 0.2) is 0 Å². The number of hydrogen-bond acceptors (Lipinski definition) is 8. The van der Waals surface area contributed by atoms with Gasteiger partial charge in [-0.3, -0.25) is 24.0 Å². The van der Waals surface area contributed by atoms with Gasteiger partial charge in [-0.1, -0.05) is 72.5 Å². The number of carbonyl (C=O) groups is 6. The summed E-state index contributed by atoms with van der Waals surface area (Å²) >= 11 is 0. The summed E-state index contributed by atoms with van der Waals surface area (Å²) in [4.78, 5) is 82.4. The van der Waals surface area contributed by atoms with Gasteiger partial charge in [-0.2, -0.15) is 0 Å². The van der Waals surface area contributed by atoms with Crippen molar-refractivity contribution in [3.8, 4) is 11.8 Å². The van der Waals surface area contributed by atoms with Crippen LogP contribution < -0.4 is 16.0 Å². The second-order valence-electron chi connectivity index (χ2n) is 14.4. The fraction of sp³-hybridized carbons (Fsp3) is 0.319. The molecule has 6 rings (SSSR count). The second-order valence-corrected chi connectivity index (χ2v) is 14.4. The first-order valence-electron chi connectivity index (χ1n) is 20.3. The van der Waals surface area contributed by atoms with Crippen molar-refractivity contribution in [2.45, 2.75) is 70.0 Å². The van der Waals surface area contributed by atoms with Crippen molar-refractivity contribution >= 4 is 47.1 Å². The van der Waals surface area contributed by atoms with Crippen LogP contribution in [0.15, 0.2) is 109 Å². The maximum Gasteiger partial charge on any atom is 0.408 e. The van der Waals surface area contributed by atoms with Crippen molar-refractivity contribution in [2.24, 2.45) is 0 Å². The number of amides is 5. The number of alkyl carbamates (subject to hydrolysis) is 1. The monoisotopic (exact) mass is 811 g/mol. The first-order valence-corrected chi connectivity index (χ1v) is 20.3. The predicted molar refractivity (Wildman–Crippen MR) is 225 cm³/mol. The molecule has 0 bridgehead atoms. The van der Waals surface area contributed by atoms with E-state index >= 15 is 0 Å². The van der Waals surface area contributed by atoms with Crippen molar-refractivity contribution in [1.82, 2.24) is 15.1 Å². The highest BCUT2D eigenvalue weighted by Crippen LogP contribution is 2.29. The van der Waals surface area contributed by atoms with Gasteiger partial charge in [0.05, 0.1) is 25.6 Å². The van der Waals surface area contributed by atoms with E-state index in [0.29, 0.717) is 72.4 Å². The molecule has 2 aliphatic rings. The van der Waals surface area contributed by atoms with Crippen LogP contribution in [-0.2, 0) is 33.4 Å². The SMILES string of the molecule is CCOC(=O)C[C@@H](C(=O)N1CCC[C@H]1C(=O)Nc1ccc(C#Cc2ccc(NC(=O)[C@@H]3CCCN3C(=O)[C@H](NC(=O)OCC)c3ccccc3)cc2)cc1)c1ccccc1. The third kappa shape index (κ3) is 11.0. The largest absolute Gasteiger partial charge is 0.466 e. The van der Waals surface area contributed by atoms with Gasteiger partial charge in [0.25, 0.3) is 5.91 Å². The molecule has 0 spiro atoms. The van der Waals surface area contributed by atoms with Crippen molar-refractivity contribution in [1.29, 1.82) is 0 Å². The molecule has 0 radical (unpaired) electrons. The molecule has 13 heteroatoms. The van der Waals surface area contributed by atoms with Crippen molar-refractivity contribution in [3.05, 3.63) is 131 Å². The van der Waals surface area contributed by atoms with E-state index < -0.39 is 36.1 Å². The second kappa shape index (κ2) is 20.7. The summed E-state index contributed by atoms with van der Waals surface area (Å²) < 4.78 is 10.2. The van der Waals surface area contributed by atoms with E-state index in [0.717, 1.165) is 0 Å². The van der Waals surface area contributed by atoms with Crippen LogP contribution in [0, 0.1) is 11.8 Å². The molecule has 0 saturated carbocycles. The zero-order valence-electron chi connectivity index (χ0n) is 33.7. The summed E-state index contributed by atoms with van der Waals surface area (Å²) in [7, 11) is 0. The molecule has 310 valence electrons. The van der Waals surface area contributed by atoms with Crippen molar-refractivity contribution in [3.63, 3.8) is 0 Å². The summed E-state index contributed by atoms with van der Waals surface area (Å²) in [5.74, 6) is 3.72. The summed E-state index contributed by atoms with van der Waals surface area (Å²) in [5, 5.41) is 8.51. The van der Waals surface area contributed by atoms with Gasteiger partial charge in [-0.05, 0) is 99.2 Å². The van der Waals surface area contributed by atoms with E-state index in [9.17, 15) is 28.8 Å². The van der Waals surface area contributed by atoms with Crippen LogP contribution in [0.2, 0.25) is 0 Å². The maximum atomic E-state index is 13.8. The molecular formula is C47H49N5O8. The molecule has 2 fully saturated rings. The van der Waals surface area contributed by atoms with Crippen LogP contribution in [-0.4, -0.2) is 83.9 Å². The molecule has 2 saturated heterocycles. The molecule has 4 aromatic carbocycles. The Kier molecular flexibility index (Phi) is 14.7. The van der Waals surface area contributed by atoms with Crippen LogP contribution in [0.1, 0.15) is 80.2 Å². The molecule has 4 atom stereocenters. The normalized spacial score (nSPS) is 16.7. The number of carbonyl (C=O) groups excluding carboxylic acids is 6. The van der Waals surface area contributed by atoms with Crippen LogP contribution in [0.4, 0.5) is 16.2 Å². The molecule has 3 N–H and O–H groups in total. The van der Waals surface area contributed by atoms with E-state index in [2.05, 4.69) is 27.8 Å². The number of hydrogen-bond donors (Lipinski definition) is 3. The number of rotatable bonds is 13. The zero-order chi connectivity index (χ0) is 42.4. The standard InChI is InChI=1S/C47H49N5O8/c1-3-59-41(53)31-38(34-13-7-5-8-14-34)45(56)51-29-11-17-39(51)43(54)48-36-25-21-32(22-26-36)19-20-33-23-27-37(28-24-33)49-44(55)40-18-12-30-52(40)46(57)42(50-47(58)60-4-2)35-15-9-6-10-16-35/h5-10,13-16,21-28,38-40,42H,3-4,11-12,17-18,29-31H2,1-2H3,(H,48,54)(H,49,55)(H,50,58)/t38-,39+,40+,42-/m1/s1. The summed E-state index contributed by atoms with van der Waals surface area (Å²) in [6.45, 7) is 4.56. The number of ether oxygens (including phenoxy) is 2. The Hall–Kier alpha value is -6.94. The lowest BCUT2D eigenvalue weighted by Gasteiger charge is -2.28. The number of esters is 1. The highest BCUT2D eigenvalue weighted by molar-refractivity contribution is 6.00. The van der Waals surface area contributed by atoms with Gasteiger partial charge in [-0.15, -0.1) is 0 Å². The minimum Gasteiger partial charge on any atom is -0.466 e. The summed E-state index contributed by atoms with van der Waals surface area (Å²) in [5.41, 5.74) is 3.81. The molecule has 0 unspecified atom stereocenters. The number of anilines is 2. The Labute approximate surface area is 349 Å². The molecule has 2 aliphatic heterocycles. The first kappa shape index (κ1) is 42.7. The lowest BCUT2D eigenvalue weighted by Crippen LogP contribution is -2.48. The van der Waals surface area contributed by atoms with Gasteiger partial charge >= 0.3 is 12.1 Å². The average molecular weight is 812 g/mol. The number of benzene rings is 4. The van der Waals surface area contributed by atoms with Crippen LogP contribution in [0.25, 0.3) is 0 Å². The summed E-state index contributed by atoms with van der Waals surface area (Å²) in [6.07, 6.45) is 1.48. The molecule has 2 heterocycles. The first-order chi connectivity index (χ1) is 29.1. The van der Waals surface area contributed by atoms with Gasteiger partial charge in [0.1, 0.15) is 18.1 Å². The topological polar surface area (TPSA) is 163 Å². The number of nitrogens with zero attached hydrogens (tertiary/aromatic N) is 2.